The number of hydrogen-bond acceptors (Lipinski definition) is 15. The van der Waals surface area contributed by atoms with Gasteiger partial charge in [-0.05, 0) is 31.6 Å². The minimum absolute atomic E-state index is 0.106. The molecule has 0 saturated heterocycles. The first-order chi connectivity index (χ1) is 40.1. The lowest BCUT2D eigenvalue weighted by molar-refractivity contribution is -0.161. The van der Waals surface area contributed by atoms with Crippen molar-refractivity contribution in [3.63, 3.8) is 0 Å². The highest BCUT2D eigenvalue weighted by atomic mass is 31.2. The Morgan fingerprint density at radius 1 is 0.337 bits per heavy atom. The summed E-state index contributed by atoms with van der Waals surface area (Å²) in [6.07, 6.45) is 41.8. The predicted molar refractivity (Wildman–Crippen MR) is 331 cm³/mol. The van der Waals surface area contributed by atoms with Gasteiger partial charge in [0.1, 0.15) is 19.3 Å². The zero-order valence-corrected chi connectivity index (χ0v) is 55.1. The van der Waals surface area contributed by atoms with Gasteiger partial charge in [0, 0.05) is 25.7 Å². The molecule has 0 radical (unpaired) electrons. The first-order valence-corrected chi connectivity index (χ1v) is 36.7. The average molecular weight is 1230 g/mol. The molecule has 17 nitrogen and oxygen atoms in total. The van der Waals surface area contributed by atoms with Gasteiger partial charge in [0.05, 0.1) is 26.4 Å². The minimum Gasteiger partial charge on any atom is -0.462 e. The van der Waals surface area contributed by atoms with Gasteiger partial charge in [0.25, 0.3) is 0 Å². The van der Waals surface area contributed by atoms with Crippen LogP contribution >= 0.6 is 15.6 Å². The quantitative estimate of drug-likeness (QED) is 0.0222. The zero-order chi connectivity index (χ0) is 61.3. The van der Waals surface area contributed by atoms with Crippen molar-refractivity contribution >= 4 is 39.5 Å². The molecule has 0 aliphatic rings. The van der Waals surface area contributed by atoms with Gasteiger partial charge in [0.2, 0.25) is 0 Å². The van der Waals surface area contributed by atoms with Crippen molar-refractivity contribution in [1.82, 2.24) is 0 Å². The van der Waals surface area contributed by atoms with Gasteiger partial charge >= 0.3 is 39.5 Å². The molecule has 83 heavy (non-hydrogen) atoms. The van der Waals surface area contributed by atoms with E-state index in [2.05, 4.69) is 34.6 Å². The number of unbranched alkanes of at least 4 members (excludes halogenated alkanes) is 35. The maximum absolute atomic E-state index is 13.0. The van der Waals surface area contributed by atoms with E-state index in [-0.39, 0.29) is 25.7 Å². The molecule has 0 aliphatic carbocycles. The summed E-state index contributed by atoms with van der Waals surface area (Å²) in [5.74, 6) is -1.41. The van der Waals surface area contributed by atoms with Crippen molar-refractivity contribution in [2.75, 3.05) is 39.6 Å². The van der Waals surface area contributed by atoms with Crippen LogP contribution in [0.25, 0.3) is 0 Å². The van der Waals surface area contributed by atoms with Crippen LogP contribution in [0.2, 0.25) is 0 Å². The number of aliphatic hydroxyl groups excluding tert-OH is 1. The molecule has 0 aromatic carbocycles. The predicted octanol–water partition coefficient (Wildman–Crippen LogP) is 17.8. The van der Waals surface area contributed by atoms with Gasteiger partial charge < -0.3 is 33.8 Å². The maximum Gasteiger partial charge on any atom is 0.472 e. The SMILES string of the molecule is CCCCCCCCCCCCCCCCCCC(=O)O[C@H](COC(=O)CCCCCCCCC(C)CC)COP(=O)(O)OC[C@@H](O)COP(=O)(O)OC[C@@H](COC(=O)CCCCCCCCC)OC(=O)CCCCCCCCCCCC. The maximum atomic E-state index is 13.0. The van der Waals surface area contributed by atoms with E-state index in [9.17, 15) is 43.2 Å². The third kappa shape index (κ3) is 57.6. The van der Waals surface area contributed by atoms with Crippen LogP contribution in [0.5, 0.6) is 0 Å². The topological polar surface area (TPSA) is 237 Å². The summed E-state index contributed by atoms with van der Waals surface area (Å²) in [6.45, 7) is 7.11. The van der Waals surface area contributed by atoms with Crippen molar-refractivity contribution in [2.45, 2.75) is 342 Å². The smallest absolute Gasteiger partial charge is 0.462 e. The van der Waals surface area contributed by atoms with Crippen LogP contribution in [0.1, 0.15) is 324 Å². The Morgan fingerprint density at radius 2 is 0.578 bits per heavy atom. The van der Waals surface area contributed by atoms with E-state index in [1.54, 1.807) is 0 Å². The van der Waals surface area contributed by atoms with E-state index in [0.717, 1.165) is 115 Å². The number of rotatable bonds is 64. The molecule has 3 N–H and O–H groups in total. The first-order valence-electron chi connectivity index (χ1n) is 33.7. The Morgan fingerprint density at radius 3 is 0.855 bits per heavy atom. The summed E-state index contributed by atoms with van der Waals surface area (Å²) in [6, 6.07) is 0. The van der Waals surface area contributed by atoms with Gasteiger partial charge in [-0.2, -0.15) is 0 Å². The lowest BCUT2D eigenvalue weighted by Crippen LogP contribution is -2.30. The monoisotopic (exact) mass is 1230 g/mol. The molecule has 0 heterocycles. The number of esters is 4. The second-order valence-corrected chi connectivity index (χ2v) is 26.3. The minimum atomic E-state index is -4.94. The third-order valence-electron chi connectivity index (χ3n) is 15.1. The summed E-state index contributed by atoms with van der Waals surface area (Å²) in [4.78, 5) is 72.1. The van der Waals surface area contributed by atoms with Crippen LogP contribution in [0, 0.1) is 5.92 Å². The first kappa shape index (κ1) is 81.1. The highest BCUT2D eigenvalue weighted by molar-refractivity contribution is 7.47. The zero-order valence-electron chi connectivity index (χ0n) is 53.3. The molecule has 0 aromatic heterocycles. The Balaban J connectivity index is 5.19. The van der Waals surface area contributed by atoms with E-state index in [1.165, 1.54) is 128 Å². The van der Waals surface area contributed by atoms with Gasteiger partial charge in [-0.3, -0.25) is 37.3 Å². The van der Waals surface area contributed by atoms with Crippen LogP contribution in [-0.4, -0.2) is 96.7 Å². The number of carbonyl (C=O) groups is 4. The van der Waals surface area contributed by atoms with Crippen molar-refractivity contribution in [3.05, 3.63) is 0 Å². The molecule has 0 bridgehead atoms. The fourth-order valence-corrected chi connectivity index (χ4v) is 11.1. The molecule has 0 fully saturated rings. The summed E-state index contributed by atoms with van der Waals surface area (Å²) in [5.41, 5.74) is 0. The molecule has 3 unspecified atom stereocenters. The van der Waals surface area contributed by atoms with E-state index < -0.39 is 97.5 Å². The highest BCUT2D eigenvalue weighted by Gasteiger charge is 2.30. The molecule has 0 amide bonds. The van der Waals surface area contributed by atoms with Crippen LogP contribution in [0.3, 0.4) is 0 Å². The normalized spacial score (nSPS) is 14.6. The average Bonchev–Trinajstić information content (AvgIpc) is 3.47. The second kappa shape index (κ2) is 57.8. The fourth-order valence-electron chi connectivity index (χ4n) is 9.55. The van der Waals surface area contributed by atoms with Crippen molar-refractivity contribution in [1.29, 1.82) is 0 Å². The van der Waals surface area contributed by atoms with Gasteiger partial charge in [-0.25, -0.2) is 9.13 Å². The summed E-state index contributed by atoms with van der Waals surface area (Å²) < 4.78 is 67.9. The Hall–Kier alpha value is -1.94. The second-order valence-electron chi connectivity index (χ2n) is 23.4. The number of ether oxygens (including phenoxy) is 4. The van der Waals surface area contributed by atoms with E-state index in [1.807, 2.05) is 0 Å². The number of phosphoric ester groups is 2. The van der Waals surface area contributed by atoms with Crippen molar-refractivity contribution in [2.24, 2.45) is 5.92 Å². The molecule has 6 atom stereocenters. The molecule has 19 heteroatoms. The van der Waals surface area contributed by atoms with Crippen LogP contribution < -0.4 is 0 Å². The number of hydrogen-bond donors (Lipinski definition) is 3. The number of phosphoric acid groups is 2. The number of aliphatic hydroxyl groups is 1. The van der Waals surface area contributed by atoms with Gasteiger partial charge in [-0.1, -0.05) is 272 Å². The van der Waals surface area contributed by atoms with E-state index in [4.69, 9.17) is 37.0 Å². The van der Waals surface area contributed by atoms with Gasteiger partial charge in [0.15, 0.2) is 12.2 Å². The van der Waals surface area contributed by atoms with Gasteiger partial charge in [-0.15, -0.1) is 0 Å². The van der Waals surface area contributed by atoms with Crippen LogP contribution in [0.4, 0.5) is 0 Å². The van der Waals surface area contributed by atoms with E-state index >= 15 is 0 Å². The largest absolute Gasteiger partial charge is 0.472 e. The molecule has 0 aliphatic heterocycles. The van der Waals surface area contributed by atoms with Crippen LogP contribution in [-0.2, 0) is 65.4 Å². The molecular weight excluding hydrogens is 1100 g/mol. The molecule has 0 spiro atoms. The summed E-state index contributed by atoms with van der Waals surface area (Å²) in [7, 11) is -9.88. The molecular formula is C64H124O17P2. The summed E-state index contributed by atoms with van der Waals surface area (Å²) >= 11 is 0. The summed E-state index contributed by atoms with van der Waals surface area (Å²) in [5, 5.41) is 10.5. The van der Waals surface area contributed by atoms with Crippen molar-refractivity contribution in [3.8, 4) is 0 Å². The molecule has 0 rings (SSSR count). The number of carbonyl (C=O) groups excluding carboxylic acids is 4. The van der Waals surface area contributed by atoms with Crippen molar-refractivity contribution < 1.29 is 80.2 Å². The van der Waals surface area contributed by atoms with Crippen LogP contribution in [0.15, 0.2) is 0 Å². The lowest BCUT2D eigenvalue weighted by Gasteiger charge is -2.21. The third-order valence-corrected chi connectivity index (χ3v) is 17.0. The molecule has 492 valence electrons. The fraction of sp³-hybridized carbons (Fsp3) is 0.938. The Kier molecular flexibility index (Phi) is 56.4. The lowest BCUT2D eigenvalue weighted by atomic mass is 10.00. The highest BCUT2D eigenvalue weighted by Crippen LogP contribution is 2.45. The molecule has 0 aromatic rings. The Labute approximate surface area is 505 Å². The molecule has 0 saturated carbocycles. The Bertz CT molecular complexity index is 1620. The standard InChI is InChI=1S/C64H124O17P2/c1-6-10-13-16-19-21-23-24-25-26-27-28-30-33-40-45-50-64(69)81-60(54-75-62(67)48-43-38-35-34-36-41-46-57(5)9-4)56-79-83(72,73)77-52-58(65)51-76-82(70,71)78-55-59(53-74-61(66)47-42-37-31-18-15-12-8-3)80-63(68)49-44-39-32-29-22-20-17-14-11-7-2/h57-60,65H,6-56H2,1-5H3,(H,70,71)(H,72,73)/t57?,58-,59+,60+/m0/s1. The van der Waals surface area contributed by atoms with E-state index in [0.29, 0.717) is 25.7 Å².